The maximum Gasteiger partial charge on any atom is 0.137 e. The number of aryl methyl sites for hydroxylation is 1. The van der Waals surface area contributed by atoms with Crippen LogP contribution in [0.4, 0.5) is 0 Å². The normalized spacial score (nSPS) is 11.1. The van der Waals surface area contributed by atoms with E-state index in [1.54, 1.807) is 11.8 Å². The van der Waals surface area contributed by atoms with Gasteiger partial charge in [-0.3, -0.25) is 0 Å². The number of aliphatic hydroxyl groups is 1. The highest BCUT2D eigenvalue weighted by Gasteiger charge is 2.01. The van der Waals surface area contributed by atoms with Crippen molar-refractivity contribution in [2.75, 3.05) is 12.4 Å². The van der Waals surface area contributed by atoms with Crippen LogP contribution in [0.5, 0.6) is 0 Å². The third-order valence-electron chi connectivity index (χ3n) is 2.13. The first-order valence-corrected chi connectivity index (χ1v) is 6.08. The Hall–Kier alpha value is -1.00. The number of aliphatic hydroxyl groups excluding tert-OH is 1. The molecule has 0 radical (unpaired) electrons. The molecular formula is C11H14N2OS. The van der Waals surface area contributed by atoms with Crippen LogP contribution in [0.3, 0.4) is 0 Å². The second kappa shape index (κ2) is 4.68. The molecule has 3 nitrogen and oxygen atoms in total. The van der Waals surface area contributed by atoms with Crippen molar-refractivity contribution in [3.05, 3.63) is 35.8 Å². The molecule has 0 aliphatic rings. The van der Waals surface area contributed by atoms with Gasteiger partial charge in [-0.1, -0.05) is 6.07 Å². The van der Waals surface area contributed by atoms with Crippen molar-refractivity contribution in [3.63, 3.8) is 0 Å². The number of aromatic nitrogens is 2. The zero-order chi connectivity index (χ0) is 10.7. The highest BCUT2D eigenvalue weighted by atomic mass is 32.2. The molecule has 0 unspecified atom stereocenters. The van der Waals surface area contributed by atoms with E-state index in [0.29, 0.717) is 0 Å². The van der Waals surface area contributed by atoms with E-state index in [1.165, 1.54) is 5.56 Å². The zero-order valence-electron chi connectivity index (χ0n) is 8.68. The number of imidazole rings is 1. The molecule has 0 fully saturated rings. The molecule has 4 heteroatoms. The van der Waals surface area contributed by atoms with E-state index in [9.17, 15) is 0 Å². The minimum absolute atomic E-state index is 0.233. The number of fused-ring (bicyclic) bond motifs is 1. The molecule has 2 rings (SSSR count). The predicted octanol–water partition coefficient (Wildman–Crippen LogP) is 1.87. The minimum atomic E-state index is 0.233. The van der Waals surface area contributed by atoms with Gasteiger partial charge in [-0.15, -0.1) is 0 Å². The van der Waals surface area contributed by atoms with Crippen molar-refractivity contribution in [2.24, 2.45) is 0 Å². The molecule has 0 bridgehead atoms. The van der Waals surface area contributed by atoms with E-state index in [-0.39, 0.29) is 6.61 Å². The lowest BCUT2D eigenvalue weighted by Gasteiger charge is -1.93. The molecule has 0 saturated carbocycles. The number of hydrogen-bond acceptors (Lipinski definition) is 3. The maximum atomic E-state index is 8.67. The largest absolute Gasteiger partial charge is 0.396 e. The molecule has 80 valence electrons. The van der Waals surface area contributed by atoms with E-state index in [1.807, 2.05) is 16.7 Å². The van der Waals surface area contributed by atoms with Crippen LogP contribution in [0.1, 0.15) is 11.3 Å². The average molecular weight is 222 g/mol. The van der Waals surface area contributed by atoms with Crippen molar-refractivity contribution in [3.8, 4) is 0 Å². The maximum absolute atomic E-state index is 8.67. The highest BCUT2D eigenvalue weighted by Crippen LogP contribution is 2.13. The summed E-state index contributed by atoms with van der Waals surface area (Å²) in [5.74, 6) is 1.63. The van der Waals surface area contributed by atoms with Gasteiger partial charge in [0.25, 0.3) is 0 Å². The smallest absolute Gasteiger partial charge is 0.137 e. The molecule has 0 aromatic carbocycles. The monoisotopic (exact) mass is 222 g/mol. The Balaban J connectivity index is 2.16. The molecule has 2 aromatic rings. The van der Waals surface area contributed by atoms with E-state index >= 15 is 0 Å². The molecule has 0 aliphatic carbocycles. The molecule has 0 atom stereocenters. The van der Waals surface area contributed by atoms with Gasteiger partial charge in [-0.05, 0) is 18.6 Å². The summed E-state index contributed by atoms with van der Waals surface area (Å²) in [6.45, 7) is 2.30. The molecule has 0 saturated heterocycles. The van der Waals surface area contributed by atoms with Gasteiger partial charge in [0.15, 0.2) is 0 Å². The van der Waals surface area contributed by atoms with E-state index in [2.05, 4.69) is 24.2 Å². The summed E-state index contributed by atoms with van der Waals surface area (Å²) in [7, 11) is 0. The predicted molar refractivity (Wildman–Crippen MR) is 63.2 cm³/mol. The lowest BCUT2D eigenvalue weighted by molar-refractivity contribution is 0.322. The van der Waals surface area contributed by atoms with Crippen LogP contribution in [-0.2, 0) is 5.75 Å². The van der Waals surface area contributed by atoms with Gasteiger partial charge >= 0.3 is 0 Å². The first-order valence-electron chi connectivity index (χ1n) is 4.92. The number of nitrogens with zero attached hydrogens (tertiary/aromatic N) is 2. The third-order valence-corrected chi connectivity index (χ3v) is 3.11. The van der Waals surface area contributed by atoms with Crippen molar-refractivity contribution in [1.82, 2.24) is 9.38 Å². The van der Waals surface area contributed by atoms with Crippen LogP contribution >= 0.6 is 11.8 Å². The van der Waals surface area contributed by atoms with Crippen LogP contribution in [0.25, 0.3) is 5.65 Å². The minimum Gasteiger partial charge on any atom is -0.396 e. The fraction of sp³-hybridized carbons (Fsp3) is 0.364. The first-order chi connectivity index (χ1) is 7.29. The number of pyridine rings is 1. The molecule has 1 N–H and O–H groups in total. The topological polar surface area (TPSA) is 37.5 Å². The number of hydrogen-bond donors (Lipinski definition) is 1. The summed E-state index contributed by atoms with van der Waals surface area (Å²) in [6, 6.07) is 4.09. The van der Waals surface area contributed by atoms with Gasteiger partial charge < -0.3 is 9.51 Å². The second-order valence-electron chi connectivity index (χ2n) is 3.48. The van der Waals surface area contributed by atoms with Gasteiger partial charge in [-0.2, -0.15) is 11.8 Å². The van der Waals surface area contributed by atoms with Crippen molar-refractivity contribution in [2.45, 2.75) is 12.7 Å². The Kier molecular flexibility index (Phi) is 3.28. The van der Waals surface area contributed by atoms with Crippen molar-refractivity contribution >= 4 is 17.4 Å². The summed E-state index contributed by atoms with van der Waals surface area (Å²) in [4.78, 5) is 4.49. The molecule has 15 heavy (non-hydrogen) atoms. The molecule has 0 spiro atoms. The Labute approximate surface area is 93.1 Å². The van der Waals surface area contributed by atoms with E-state index in [4.69, 9.17) is 5.11 Å². The standard InChI is InChI=1S/C11H14N2OS/c1-9-2-3-11-12-10(7-13(11)6-9)8-15-5-4-14/h2-3,6-7,14H,4-5,8H2,1H3. The van der Waals surface area contributed by atoms with Crippen LogP contribution < -0.4 is 0 Å². The lowest BCUT2D eigenvalue weighted by Crippen LogP contribution is -1.87. The summed E-state index contributed by atoms with van der Waals surface area (Å²) >= 11 is 1.70. The zero-order valence-corrected chi connectivity index (χ0v) is 9.50. The Morgan fingerprint density at radius 3 is 3.07 bits per heavy atom. The van der Waals surface area contributed by atoms with Crippen LogP contribution in [-0.4, -0.2) is 26.9 Å². The SMILES string of the molecule is Cc1ccc2nc(CSCCO)cn2c1. The Morgan fingerprint density at radius 1 is 1.40 bits per heavy atom. The second-order valence-corrected chi connectivity index (χ2v) is 4.59. The molecule has 0 aliphatic heterocycles. The third kappa shape index (κ3) is 2.52. The van der Waals surface area contributed by atoms with Gasteiger partial charge in [0, 0.05) is 23.9 Å². The average Bonchev–Trinajstić information content (AvgIpc) is 2.60. The number of rotatable bonds is 4. The molecule has 0 amide bonds. The van der Waals surface area contributed by atoms with Gasteiger partial charge in [0.2, 0.25) is 0 Å². The van der Waals surface area contributed by atoms with Gasteiger partial charge in [-0.25, -0.2) is 4.98 Å². The van der Waals surface area contributed by atoms with Crippen LogP contribution in [0.2, 0.25) is 0 Å². The summed E-state index contributed by atoms with van der Waals surface area (Å²) in [6.07, 6.45) is 4.12. The number of thioether (sulfide) groups is 1. The first kappa shape index (κ1) is 10.5. The van der Waals surface area contributed by atoms with Crippen molar-refractivity contribution in [1.29, 1.82) is 0 Å². The summed E-state index contributed by atoms with van der Waals surface area (Å²) in [5, 5.41) is 8.67. The van der Waals surface area contributed by atoms with E-state index in [0.717, 1.165) is 22.8 Å². The summed E-state index contributed by atoms with van der Waals surface area (Å²) in [5.41, 5.74) is 3.29. The highest BCUT2D eigenvalue weighted by molar-refractivity contribution is 7.98. The fourth-order valence-electron chi connectivity index (χ4n) is 1.47. The summed E-state index contributed by atoms with van der Waals surface area (Å²) < 4.78 is 2.05. The van der Waals surface area contributed by atoms with E-state index < -0.39 is 0 Å². The molecule has 2 heterocycles. The quantitative estimate of drug-likeness (QED) is 0.802. The van der Waals surface area contributed by atoms with Crippen LogP contribution in [0, 0.1) is 6.92 Å². The lowest BCUT2D eigenvalue weighted by atomic mass is 10.3. The van der Waals surface area contributed by atoms with Gasteiger partial charge in [0.1, 0.15) is 5.65 Å². The van der Waals surface area contributed by atoms with Gasteiger partial charge in [0.05, 0.1) is 12.3 Å². The molecule has 2 aromatic heterocycles. The Morgan fingerprint density at radius 2 is 2.27 bits per heavy atom. The molecular weight excluding hydrogens is 208 g/mol. The van der Waals surface area contributed by atoms with Crippen molar-refractivity contribution < 1.29 is 5.11 Å². The van der Waals surface area contributed by atoms with Crippen LogP contribution in [0.15, 0.2) is 24.5 Å². The fourth-order valence-corrected chi connectivity index (χ4v) is 2.09. The Bertz CT molecular complexity index is 453.